The molecule has 1 aromatic carbocycles. The summed E-state index contributed by atoms with van der Waals surface area (Å²) in [7, 11) is 0. The molecule has 0 radical (unpaired) electrons. The van der Waals surface area contributed by atoms with Crippen LogP contribution in [0, 0.1) is 13.8 Å². The van der Waals surface area contributed by atoms with Crippen molar-refractivity contribution in [1.82, 2.24) is 10.1 Å². The van der Waals surface area contributed by atoms with Crippen molar-refractivity contribution in [2.45, 2.75) is 26.2 Å². The molecule has 0 spiro atoms. The van der Waals surface area contributed by atoms with Crippen LogP contribution < -0.4 is 0 Å². The summed E-state index contributed by atoms with van der Waals surface area (Å²) in [4.78, 5) is 15.9. The number of hydrogen-bond donors (Lipinski definition) is 1. The third-order valence-corrected chi connectivity index (χ3v) is 3.79. The van der Waals surface area contributed by atoms with Crippen LogP contribution in [0.25, 0.3) is 11.5 Å². The lowest BCUT2D eigenvalue weighted by Gasteiger charge is -2.08. The lowest BCUT2D eigenvalue weighted by Crippen LogP contribution is -2.05. The number of aryl methyl sites for hydroxylation is 2. The Morgan fingerprint density at radius 3 is 2.76 bits per heavy atom. The van der Waals surface area contributed by atoms with E-state index in [0.29, 0.717) is 30.2 Å². The van der Waals surface area contributed by atoms with E-state index in [1.165, 1.54) is 0 Å². The normalized spacial score (nSPS) is 18.1. The highest BCUT2D eigenvalue weighted by Crippen LogP contribution is 2.31. The molecule has 1 aromatic heterocycles. The second kappa shape index (κ2) is 5.29. The molecule has 1 fully saturated rings. The number of hydrogen-bond acceptors (Lipinski definition) is 5. The van der Waals surface area contributed by atoms with E-state index in [1.807, 2.05) is 13.0 Å². The SMILES string of the molecule is Cc1ccc(C)c(-c2nc(C3CCOC3)no2)c1C(=O)O. The van der Waals surface area contributed by atoms with Gasteiger partial charge in [0, 0.05) is 12.5 Å². The zero-order valence-electron chi connectivity index (χ0n) is 11.9. The van der Waals surface area contributed by atoms with Crippen LogP contribution >= 0.6 is 0 Å². The van der Waals surface area contributed by atoms with Crippen molar-refractivity contribution in [3.8, 4) is 11.5 Å². The second-order valence-electron chi connectivity index (χ2n) is 5.27. The summed E-state index contributed by atoms with van der Waals surface area (Å²) in [5.74, 6) is -0.0220. The predicted octanol–water partition coefficient (Wildman–Crippen LogP) is 2.56. The van der Waals surface area contributed by atoms with E-state index in [0.717, 1.165) is 12.0 Å². The van der Waals surface area contributed by atoms with Crippen LogP contribution in [0.15, 0.2) is 16.7 Å². The molecule has 2 aromatic rings. The van der Waals surface area contributed by atoms with Gasteiger partial charge in [0.2, 0.25) is 0 Å². The summed E-state index contributed by atoms with van der Waals surface area (Å²) in [6, 6.07) is 3.64. The molecule has 0 bridgehead atoms. The van der Waals surface area contributed by atoms with Gasteiger partial charge in [0.1, 0.15) is 0 Å². The molecule has 1 saturated heterocycles. The molecule has 110 valence electrons. The van der Waals surface area contributed by atoms with E-state index in [9.17, 15) is 9.90 Å². The molecule has 2 heterocycles. The first-order valence-electron chi connectivity index (χ1n) is 6.83. The highest BCUT2D eigenvalue weighted by molar-refractivity contribution is 5.97. The molecule has 3 rings (SSSR count). The molecular weight excluding hydrogens is 272 g/mol. The standard InChI is InChI=1S/C15H16N2O4/c1-8-3-4-9(2)12(15(18)19)11(8)14-16-13(17-21-14)10-5-6-20-7-10/h3-4,10H,5-7H2,1-2H3,(H,18,19). The number of benzene rings is 1. The van der Waals surface area contributed by atoms with Gasteiger partial charge in [-0.05, 0) is 31.4 Å². The summed E-state index contributed by atoms with van der Waals surface area (Å²) in [6.45, 7) is 4.87. The Labute approximate surface area is 121 Å². The van der Waals surface area contributed by atoms with Crippen LogP contribution in [0.1, 0.15) is 39.6 Å². The van der Waals surface area contributed by atoms with Crippen molar-refractivity contribution in [2.75, 3.05) is 13.2 Å². The topological polar surface area (TPSA) is 85.5 Å². The van der Waals surface area contributed by atoms with Crippen molar-refractivity contribution in [3.63, 3.8) is 0 Å². The number of carbonyl (C=O) groups is 1. The summed E-state index contributed by atoms with van der Waals surface area (Å²) >= 11 is 0. The average molecular weight is 288 g/mol. The van der Waals surface area contributed by atoms with E-state index >= 15 is 0 Å². The predicted molar refractivity (Wildman–Crippen MR) is 74.3 cm³/mol. The summed E-state index contributed by atoms with van der Waals surface area (Å²) in [5, 5.41) is 13.4. The number of nitrogens with zero attached hydrogens (tertiary/aromatic N) is 2. The molecule has 1 atom stereocenters. The first-order chi connectivity index (χ1) is 10.1. The molecule has 6 heteroatoms. The molecule has 0 aliphatic carbocycles. The minimum absolute atomic E-state index is 0.126. The molecular formula is C15H16N2O4. The van der Waals surface area contributed by atoms with Crippen molar-refractivity contribution >= 4 is 5.97 Å². The third-order valence-electron chi connectivity index (χ3n) is 3.79. The number of carboxylic acids is 1. The fourth-order valence-electron chi connectivity index (χ4n) is 2.60. The van der Waals surface area contributed by atoms with E-state index < -0.39 is 5.97 Å². The highest BCUT2D eigenvalue weighted by atomic mass is 16.5. The number of rotatable bonds is 3. The summed E-state index contributed by atoms with van der Waals surface area (Å²) in [6.07, 6.45) is 0.859. The molecule has 0 saturated carbocycles. The Morgan fingerprint density at radius 2 is 2.10 bits per heavy atom. The molecule has 1 N–H and O–H groups in total. The van der Waals surface area contributed by atoms with Crippen molar-refractivity contribution in [3.05, 3.63) is 34.6 Å². The van der Waals surface area contributed by atoms with Gasteiger partial charge in [-0.25, -0.2) is 4.79 Å². The van der Waals surface area contributed by atoms with Crippen LogP contribution in [0.2, 0.25) is 0 Å². The van der Waals surface area contributed by atoms with Gasteiger partial charge in [-0.2, -0.15) is 4.98 Å². The van der Waals surface area contributed by atoms with E-state index in [1.54, 1.807) is 13.0 Å². The lowest BCUT2D eigenvalue weighted by atomic mass is 9.97. The molecule has 1 aliphatic heterocycles. The maximum atomic E-state index is 11.5. The van der Waals surface area contributed by atoms with Crippen molar-refractivity contribution in [1.29, 1.82) is 0 Å². The fourth-order valence-corrected chi connectivity index (χ4v) is 2.60. The lowest BCUT2D eigenvalue weighted by molar-refractivity contribution is 0.0696. The van der Waals surface area contributed by atoms with Gasteiger partial charge >= 0.3 is 5.97 Å². The molecule has 21 heavy (non-hydrogen) atoms. The number of aromatic nitrogens is 2. The van der Waals surface area contributed by atoms with E-state index in [-0.39, 0.29) is 17.4 Å². The van der Waals surface area contributed by atoms with Crippen LogP contribution in [-0.4, -0.2) is 34.4 Å². The number of aromatic carboxylic acids is 1. The zero-order chi connectivity index (χ0) is 15.0. The minimum atomic E-state index is -0.991. The average Bonchev–Trinajstić information content (AvgIpc) is 3.10. The number of ether oxygens (including phenoxy) is 1. The van der Waals surface area contributed by atoms with Gasteiger partial charge < -0.3 is 14.4 Å². The van der Waals surface area contributed by atoms with Gasteiger partial charge in [-0.3, -0.25) is 0 Å². The molecule has 0 amide bonds. The van der Waals surface area contributed by atoms with E-state index in [2.05, 4.69) is 10.1 Å². The van der Waals surface area contributed by atoms with Crippen LogP contribution in [-0.2, 0) is 4.74 Å². The van der Waals surface area contributed by atoms with Crippen molar-refractivity contribution in [2.24, 2.45) is 0 Å². The highest BCUT2D eigenvalue weighted by Gasteiger charge is 2.26. The molecule has 6 nitrogen and oxygen atoms in total. The first-order valence-corrected chi connectivity index (χ1v) is 6.83. The van der Waals surface area contributed by atoms with Gasteiger partial charge in [0.15, 0.2) is 5.82 Å². The van der Waals surface area contributed by atoms with Gasteiger partial charge in [-0.15, -0.1) is 0 Å². The van der Waals surface area contributed by atoms with Crippen LogP contribution in [0.3, 0.4) is 0 Å². The monoisotopic (exact) mass is 288 g/mol. The second-order valence-corrected chi connectivity index (χ2v) is 5.27. The largest absolute Gasteiger partial charge is 0.478 e. The Bertz CT molecular complexity index is 687. The zero-order valence-corrected chi connectivity index (χ0v) is 11.9. The maximum Gasteiger partial charge on any atom is 0.336 e. The quantitative estimate of drug-likeness (QED) is 0.934. The summed E-state index contributed by atoms with van der Waals surface area (Å²) < 4.78 is 10.6. The van der Waals surface area contributed by atoms with Crippen LogP contribution in [0.4, 0.5) is 0 Å². The summed E-state index contributed by atoms with van der Waals surface area (Å²) in [5.41, 5.74) is 2.19. The first kappa shape index (κ1) is 13.8. The minimum Gasteiger partial charge on any atom is -0.478 e. The van der Waals surface area contributed by atoms with E-state index in [4.69, 9.17) is 9.26 Å². The number of carboxylic acid groups (broad SMARTS) is 1. The Morgan fingerprint density at radius 1 is 1.33 bits per heavy atom. The Balaban J connectivity index is 2.08. The fraction of sp³-hybridized carbons (Fsp3) is 0.400. The van der Waals surface area contributed by atoms with Gasteiger partial charge in [0.25, 0.3) is 5.89 Å². The smallest absolute Gasteiger partial charge is 0.336 e. The third kappa shape index (κ3) is 2.42. The molecule has 1 aliphatic rings. The van der Waals surface area contributed by atoms with Crippen LogP contribution in [0.5, 0.6) is 0 Å². The Hall–Kier alpha value is -2.21. The molecule has 1 unspecified atom stereocenters. The van der Waals surface area contributed by atoms with Gasteiger partial charge in [-0.1, -0.05) is 17.3 Å². The maximum absolute atomic E-state index is 11.5. The Kier molecular flexibility index (Phi) is 3.47. The van der Waals surface area contributed by atoms with Crippen molar-refractivity contribution < 1.29 is 19.2 Å². The van der Waals surface area contributed by atoms with Gasteiger partial charge in [0.05, 0.1) is 17.7 Å².